The van der Waals surface area contributed by atoms with Gasteiger partial charge in [-0.1, -0.05) is 24.8 Å². The van der Waals surface area contributed by atoms with Crippen molar-refractivity contribution in [1.82, 2.24) is 14.9 Å². The normalized spacial score (nSPS) is 10.8. The van der Waals surface area contributed by atoms with Crippen LogP contribution < -0.4 is 14.8 Å². The number of nitro groups is 1. The summed E-state index contributed by atoms with van der Waals surface area (Å²) in [5.74, 6) is 1.98. The number of benzene rings is 3. The average molecular weight is 561 g/mol. The first-order chi connectivity index (χ1) is 19.4. The van der Waals surface area contributed by atoms with Crippen LogP contribution in [-0.2, 0) is 6.54 Å². The highest BCUT2D eigenvalue weighted by Crippen LogP contribution is 2.37. The van der Waals surface area contributed by atoms with Crippen LogP contribution in [0.5, 0.6) is 11.5 Å². The van der Waals surface area contributed by atoms with E-state index in [1.54, 1.807) is 32.0 Å². The zero-order valence-corrected chi connectivity index (χ0v) is 23.6. The zero-order valence-electron chi connectivity index (χ0n) is 22.8. The Hall–Kier alpha value is -4.31. The molecule has 4 rings (SSSR count). The average Bonchev–Trinajstić information content (AvgIpc) is 3.35. The number of nitrogens with one attached hydrogen (secondary N) is 1. The molecule has 3 aromatic carbocycles. The van der Waals surface area contributed by atoms with Gasteiger partial charge in [-0.25, -0.2) is 4.98 Å². The first-order valence-corrected chi connectivity index (χ1v) is 14.0. The predicted octanol–water partition coefficient (Wildman–Crippen LogP) is 6.46. The Balaban J connectivity index is 1.52. The minimum Gasteiger partial charge on any atom is -0.497 e. The van der Waals surface area contributed by atoms with Crippen molar-refractivity contribution >= 4 is 23.4 Å². The standard InChI is InChI=1S/C30H32N4O5S/c1-4-18-33-28(22-11-15-26(39-3)16-12-22)27(21-9-13-25(38-2)14-10-21)32-30(33)40-19-6-17-31-29(35)23-7-5-8-24(20-23)34(36)37/h5,7-16,20H,4,6,17-19H2,1-3H3,(H,31,35). The molecule has 1 aromatic heterocycles. The number of methoxy groups -OCH3 is 2. The molecule has 1 heterocycles. The summed E-state index contributed by atoms with van der Waals surface area (Å²) >= 11 is 1.64. The van der Waals surface area contributed by atoms with E-state index in [0.717, 1.165) is 57.9 Å². The molecule has 4 aromatic rings. The maximum absolute atomic E-state index is 12.5. The van der Waals surface area contributed by atoms with E-state index in [1.165, 1.54) is 18.2 Å². The van der Waals surface area contributed by atoms with Crippen LogP contribution in [0.25, 0.3) is 22.5 Å². The lowest BCUT2D eigenvalue weighted by Gasteiger charge is -2.13. The van der Waals surface area contributed by atoms with E-state index in [2.05, 4.69) is 16.8 Å². The zero-order chi connectivity index (χ0) is 28.5. The summed E-state index contributed by atoms with van der Waals surface area (Å²) in [5, 5.41) is 14.8. The van der Waals surface area contributed by atoms with Crippen molar-refractivity contribution < 1.29 is 19.2 Å². The van der Waals surface area contributed by atoms with Gasteiger partial charge < -0.3 is 19.4 Å². The van der Waals surface area contributed by atoms with Crippen molar-refractivity contribution in [2.75, 3.05) is 26.5 Å². The molecule has 0 aliphatic rings. The summed E-state index contributed by atoms with van der Waals surface area (Å²) in [6.07, 6.45) is 1.65. The number of carbonyl (C=O) groups excluding carboxylic acids is 1. The third-order valence-corrected chi connectivity index (χ3v) is 7.33. The molecule has 0 aliphatic heterocycles. The highest BCUT2D eigenvalue weighted by Gasteiger charge is 2.20. The van der Waals surface area contributed by atoms with Crippen LogP contribution in [0.3, 0.4) is 0 Å². The summed E-state index contributed by atoms with van der Waals surface area (Å²) in [6.45, 7) is 3.39. The highest BCUT2D eigenvalue weighted by atomic mass is 32.2. The van der Waals surface area contributed by atoms with E-state index in [4.69, 9.17) is 14.5 Å². The molecule has 1 amide bonds. The number of non-ortho nitro benzene ring substituents is 1. The van der Waals surface area contributed by atoms with Crippen molar-refractivity contribution in [2.45, 2.75) is 31.5 Å². The molecule has 0 saturated heterocycles. The van der Waals surface area contributed by atoms with Gasteiger partial charge in [0.15, 0.2) is 5.16 Å². The largest absolute Gasteiger partial charge is 0.497 e. The lowest BCUT2D eigenvalue weighted by molar-refractivity contribution is -0.384. The van der Waals surface area contributed by atoms with Gasteiger partial charge >= 0.3 is 0 Å². The maximum Gasteiger partial charge on any atom is 0.270 e. The van der Waals surface area contributed by atoms with Crippen molar-refractivity contribution in [1.29, 1.82) is 0 Å². The number of nitrogens with zero attached hydrogens (tertiary/aromatic N) is 3. The van der Waals surface area contributed by atoms with Crippen LogP contribution in [0.4, 0.5) is 5.69 Å². The van der Waals surface area contributed by atoms with Gasteiger partial charge in [0.2, 0.25) is 0 Å². The van der Waals surface area contributed by atoms with Crippen LogP contribution in [-0.4, -0.2) is 46.9 Å². The number of thioether (sulfide) groups is 1. The van der Waals surface area contributed by atoms with Gasteiger partial charge in [-0.2, -0.15) is 0 Å². The summed E-state index contributed by atoms with van der Waals surface area (Å²) in [6, 6.07) is 21.6. The van der Waals surface area contributed by atoms with Gasteiger partial charge in [-0.3, -0.25) is 14.9 Å². The fourth-order valence-electron chi connectivity index (χ4n) is 4.27. The van der Waals surface area contributed by atoms with Crippen molar-refractivity contribution in [3.8, 4) is 34.0 Å². The first kappa shape index (κ1) is 28.7. The topological polar surface area (TPSA) is 109 Å². The van der Waals surface area contributed by atoms with E-state index in [9.17, 15) is 14.9 Å². The molecular weight excluding hydrogens is 528 g/mol. The van der Waals surface area contributed by atoms with Crippen LogP contribution in [0, 0.1) is 10.1 Å². The molecule has 0 atom stereocenters. The second-order valence-corrected chi connectivity index (χ2v) is 10.0. The summed E-state index contributed by atoms with van der Waals surface area (Å²) in [4.78, 5) is 28.0. The Labute approximate surface area is 237 Å². The molecule has 0 spiro atoms. The lowest BCUT2D eigenvalue weighted by Crippen LogP contribution is -2.24. The Morgan fingerprint density at radius 3 is 2.25 bits per heavy atom. The quantitative estimate of drug-likeness (QED) is 0.0864. The van der Waals surface area contributed by atoms with E-state index >= 15 is 0 Å². The van der Waals surface area contributed by atoms with Gasteiger partial charge in [0.25, 0.3) is 11.6 Å². The minimum absolute atomic E-state index is 0.105. The van der Waals surface area contributed by atoms with Gasteiger partial charge in [-0.05, 0) is 67.4 Å². The van der Waals surface area contributed by atoms with Gasteiger partial charge in [0.05, 0.1) is 30.5 Å². The van der Waals surface area contributed by atoms with Gasteiger partial charge in [0, 0.05) is 47.7 Å². The molecule has 0 saturated carbocycles. The predicted molar refractivity (Wildman–Crippen MR) is 157 cm³/mol. The van der Waals surface area contributed by atoms with Crippen molar-refractivity contribution in [2.24, 2.45) is 0 Å². The van der Waals surface area contributed by atoms with Crippen molar-refractivity contribution in [3.63, 3.8) is 0 Å². The number of amides is 1. The molecule has 40 heavy (non-hydrogen) atoms. The number of imidazole rings is 1. The van der Waals surface area contributed by atoms with Crippen LogP contribution in [0.1, 0.15) is 30.1 Å². The molecule has 0 aliphatic carbocycles. The highest BCUT2D eigenvalue weighted by molar-refractivity contribution is 7.99. The molecule has 0 unspecified atom stereocenters. The van der Waals surface area contributed by atoms with Crippen molar-refractivity contribution in [3.05, 3.63) is 88.5 Å². The molecule has 1 N–H and O–H groups in total. The summed E-state index contributed by atoms with van der Waals surface area (Å²) in [5.41, 5.74) is 4.13. The Kier molecular flexibility index (Phi) is 9.80. The molecule has 208 valence electrons. The first-order valence-electron chi connectivity index (χ1n) is 13.0. The number of aromatic nitrogens is 2. The van der Waals surface area contributed by atoms with Crippen LogP contribution >= 0.6 is 11.8 Å². The number of nitro benzene ring substituents is 1. The molecule has 0 radical (unpaired) electrons. The third-order valence-electron chi connectivity index (χ3n) is 6.26. The minimum atomic E-state index is -0.508. The van der Waals surface area contributed by atoms with E-state index in [1.807, 2.05) is 48.5 Å². The number of ether oxygens (including phenoxy) is 2. The smallest absolute Gasteiger partial charge is 0.270 e. The second-order valence-electron chi connectivity index (χ2n) is 8.97. The molecule has 0 fully saturated rings. The number of rotatable bonds is 13. The Bertz CT molecular complexity index is 1450. The maximum atomic E-state index is 12.5. The fraction of sp³-hybridized carbons (Fsp3) is 0.267. The number of hydrogen-bond donors (Lipinski definition) is 1. The molecule has 9 nitrogen and oxygen atoms in total. The van der Waals surface area contributed by atoms with E-state index in [0.29, 0.717) is 13.0 Å². The second kappa shape index (κ2) is 13.7. The molecule has 0 bridgehead atoms. The fourth-order valence-corrected chi connectivity index (χ4v) is 5.23. The van der Waals surface area contributed by atoms with E-state index < -0.39 is 4.92 Å². The Morgan fingerprint density at radius 1 is 1.00 bits per heavy atom. The van der Waals surface area contributed by atoms with E-state index in [-0.39, 0.29) is 17.2 Å². The Morgan fingerprint density at radius 2 is 1.65 bits per heavy atom. The van der Waals surface area contributed by atoms with Crippen LogP contribution in [0.2, 0.25) is 0 Å². The number of carbonyl (C=O) groups is 1. The third kappa shape index (κ3) is 6.81. The lowest BCUT2D eigenvalue weighted by atomic mass is 10.0. The van der Waals surface area contributed by atoms with Gasteiger partial charge in [-0.15, -0.1) is 0 Å². The summed E-state index contributed by atoms with van der Waals surface area (Å²) < 4.78 is 13.0. The molecule has 10 heteroatoms. The van der Waals surface area contributed by atoms with Crippen LogP contribution in [0.15, 0.2) is 78.0 Å². The summed E-state index contributed by atoms with van der Waals surface area (Å²) in [7, 11) is 3.30. The molecular formula is C30H32N4O5S. The number of hydrogen-bond acceptors (Lipinski definition) is 7. The SMILES string of the molecule is CCCn1c(SCCCNC(=O)c2cccc([N+](=O)[O-])c2)nc(-c2ccc(OC)cc2)c1-c1ccc(OC)cc1. The monoisotopic (exact) mass is 560 g/mol. The van der Waals surface area contributed by atoms with Gasteiger partial charge in [0.1, 0.15) is 11.5 Å².